The monoisotopic (exact) mass is 304 g/mol. The van der Waals surface area contributed by atoms with E-state index < -0.39 is 0 Å². The molecule has 1 unspecified atom stereocenters. The molecule has 0 amide bonds. The van der Waals surface area contributed by atoms with Crippen molar-refractivity contribution < 1.29 is 9.47 Å². The minimum absolute atomic E-state index is 0.235. The van der Waals surface area contributed by atoms with Crippen LogP contribution in [-0.2, 0) is 6.42 Å². The summed E-state index contributed by atoms with van der Waals surface area (Å²) in [6.07, 6.45) is 2.25. The SMILES string of the molecule is CCCc1ccc(C(Cl)c2ccc(OC)cc2OC)cc1. The van der Waals surface area contributed by atoms with Crippen LogP contribution in [-0.4, -0.2) is 14.2 Å². The summed E-state index contributed by atoms with van der Waals surface area (Å²) >= 11 is 6.62. The molecular weight excluding hydrogens is 284 g/mol. The summed E-state index contributed by atoms with van der Waals surface area (Å²) in [6.45, 7) is 2.18. The van der Waals surface area contributed by atoms with Crippen LogP contribution in [0.5, 0.6) is 11.5 Å². The molecule has 2 aromatic rings. The molecule has 0 aliphatic rings. The number of alkyl halides is 1. The first kappa shape index (κ1) is 15.7. The van der Waals surface area contributed by atoms with Crippen LogP contribution >= 0.6 is 11.6 Å². The predicted octanol–water partition coefficient (Wildman–Crippen LogP) is 4.98. The van der Waals surface area contributed by atoms with Gasteiger partial charge in [-0.1, -0.05) is 37.6 Å². The van der Waals surface area contributed by atoms with Crippen molar-refractivity contribution in [3.05, 3.63) is 59.2 Å². The van der Waals surface area contributed by atoms with Gasteiger partial charge in [0.2, 0.25) is 0 Å². The van der Waals surface area contributed by atoms with Crippen LogP contribution in [0.25, 0.3) is 0 Å². The van der Waals surface area contributed by atoms with Crippen LogP contribution in [0.4, 0.5) is 0 Å². The second-order valence-electron chi connectivity index (χ2n) is 4.96. The average molecular weight is 305 g/mol. The van der Waals surface area contributed by atoms with Crippen LogP contribution in [0, 0.1) is 0 Å². The van der Waals surface area contributed by atoms with E-state index in [1.165, 1.54) is 5.56 Å². The van der Waals surface area contributed by atoms with Crippen molar-refractivity contribution in [2.75, 3.05) is 14.2 Å². The standard InChI is InChI=1S/C18H21ClO2/c1-4-5-13-6-8-14(9-7-13)18(19)16-11-10-15(20-2)12-17(16)21-3/h6-12,18H,4-5H2,1-3H3. The number of benzene rings is 2. The van der Waals surface area contributed by atoms with Gasteiger partial charge in [0, 0.05) is 11.6 Å². The third-order valence-electron chi connectivity index (χ3n) is 3.52. The molecule has 0 fully saturated rings. The summed E-state index contributed by atoms with van der Waals surface area (Å²) < 4.78 is 10.6. The number of rotatable bonds is 6. The Morgan fingerprint density at radius 2 is 1.71 bits per heavy atom. The van der Waals surface area contributed by atoms with E-state index in [9.17, 15) is 0 Å². The number of ether oxygens (including phenoxy) is 2. The van der Waals surface area contributed by atoms with Gasteiger partial charge in [-0.15, -0.1) is 11.6 Å². The van der Waals surface area contributed by atoms with Gasteiger partial charge in [0.05, 0.1) is 19.6 Å². The van der Waals surface area contributed by atoms with Crippen molar-refractivity contribution in [2.24, 2.45) is 0 Å². The molecule has 0 N–H and O–H groups in total. The maximum absolute atomic E-state index is 6.62. The fraction of sp³-hybridized carbons (Fsp3) is 0.333. The fourth-order valence-corrected chi connectivity index (χ4v) is 2.68. The Hall–Kier alpha value is -1.67. The maximum Gasteiger partial charge on any atom is 0.127 e. The van der Waals surface area contributed by atoms with Crippen molar-refractivity contribution >= 4 is 11.6 Å². The lowest BCUT2D eigenvalue weighted by molar-refractivity contribution is 0.391. The molecule has 0 spiro atoms. The lowest BCUT2D eigenvalue weighted by atomic mass is 10.0. The Kier molecular flexibility index (Phi) is 5.51. The highest BCUT2D eigenvalue weighted by Crippen LogP contribution is 2.37. The van der Waals surface area contributed by atoms with Crippen molar-refractivity contribution in [1.29, 1.82) is 0 Å². The molecule has 0 heterocycles. The molecule has 0 radical (unpaired) electrons. The van der Waals surface area contributed by atoms with Crippen LogP contribution in [0.15, 0.2) is 42.5 Å². The van der Waals surface area contributed by atoms with E-state index in [4.69, 9.17) is 21.1 Å². The van der Waals surface area contributed by atoms with Gasteiger partial charge >= 0.3 is 0 Å². The Balaban J connectivity index is 2.28. The first-order chi connectivity index (χ1) is 10.2. The first-order valence-corrected chi connectivity index (χ1v) is 7.58. The Morgan fingerprint density at radius 3 is 2.29 bits per heavy atom. The van der Waals surface area contributed by atoms with Gasteiger partial charge in [-0.25, -0.2) is 0 Å². The van der Waals surface area contributed by atoms with Gasteiger partial charge in [0.1, 0.15) is 11.5 Å². The molecule has 0 aromatic heterocycles. The van der Waals surface area contributed by atoms with E-state index in [2.05, 4.69) is 31.2 Å². The Labute approximate surface area is 131 Å². The number of halogens is 1. The molecule has 2 nitrogen and oxygen atoms in total. The first-order valence-electron chi connectivity index (χ1n) is 7.14. The molecule has 0 saturated heterocycles. The number of aryl methyl sites for hydroxylation is 1. The minimum Gasteiger partial charge on any atom is -0.497 e. The molecule has 2 rings (SSSR count). The van der Waals surface area contributed by atoms with Crippen LogP contribution in [0.1, 0.15) is 35.4 Å². The molecule has 0 aliphatic carbocycles. The molecule has 2 aromatic carbocycles. The van der Waals surface area contributed by atoms with Crippen LogP contribution < -0.4 is 9.47 Å². The van der Waals surface area contributed by atoms with E-state index in [0.717, 1.165) is 35.5 Å². The molecule has 1 atom stereocenters. The molecule has 21 heavy (non-hydrogen) atoms. The second-order valence-corrected chi connectivity index (χ2v) is 5.40. The van der Waals surface area contributed by atoms with Crippen molar-refractivity contribution in [2.45, 2.75) is 25.1 Å². The minimum atomic E-state index is -0.235. The molecule has 0 aliphatic heterocycles. The van der Waals surface area contributed by atoms with E-state index in [1.807, 2.05) is 18.2 Å². The van der Waals surface area contributed by atoms with Crippen molar-refractivity contribution in [1.82, 2.24) is 0 Å². The van der Waals surface area contributed by atoms with Crippen molar-refractivity contribution in [3.8, 4) is 11.5 Å². The zero-order valence-corrected chi connectivity index (χ0v) is 13.5. The summed E-state index contributed by atoms with van der Waals surface area (Å²) in [4.78, 5) is 0. The topological polar surface area (TPSA) is 18.5 Å². The zero-order chi connectivity index (χ0) is 15.2. The molecule has 3 heteroatoms. The van der Waals surface area contributed by atoms with Crippen LogP contribution in [0.3, 0.4) is 0 Å². The van der Waals surface area contributed by atoms with E-state index in [1.54, 1.807) is 14.2 Å². The average Bonchev–Trinajstić information content (AvgIpc) is 2.54. The van der Waals surface area contributed by atoms with Gasteiger partial charge in [-0.05, 0) is 29.7 Å². The number of methoxy groups -OCH3 is 2. The summed E-state index contributed by atoms with van der Waals surface area (Å²) in [5.74, 6) is 1.50. The van der Waals surface area contributed by atoms with Gasteiger partial charge in [-0.2, -0.15) is 0 Å². The van der Waals surface area contributed by atoms with E-state index in [0.29, 0.717) is 0 Å². The van der Waals surface area contributed by atoms with Gasteiger partial charge < -0.3 is 9.47 Å². The van der Waals surface area contributed by atoms with Gasteiger partial charge in [0.15, 0.2) is 0 Å². The lowest BCUT2D eigenvalue weighted by Crippen LogP contribution is -1.98. The fourth-order valence-electron chi connectivity index (χ4n) is 2.35. The van der Waals surface area contributed by atoms with E-state index >= 15 is 0 Å². The lowest BCUT2D eigenvalue weighted by Gasteiger charge is -2.16. The second kappa shape index (κ2) is 7.37. The third kappa shape index (κ3) is 3.70. The highest BCUT2D eigenvalue weighted by molar-refractivity contribution is 6.22. The summed E-state index contributed by atoms with van der Waals surface area (Å²) in [5.41, 5.74) is 3.36. The Morgan fingerprint density at radius 1 is 1.00 bits per heavy atom. The molecule has 112 valence electrons. The third-order valence-corrected chi connectivity index (χ3v) is 4.01. The molecule has 0 bridgehead atoms. The summed E-state index contributed by atoms with van der Waals surface area (Å²) in [6, 6.07) is 14.2. The highest BCUT2D eigenvalue weighted by atomic mass is 35.5. The van der Waals surface area contributed by atoms with Crippen molar-refractivity contribution in [3.63, 3.8) is 0 Å². The quantitative estimate of drug-likeness (QED) is 0.700. The molecule has 0 saturated carbocycles. The highest BCUT2D eigenvalue weighted by Gasteiger charge is 2.16. The van der Waals surface area contributed by atoms with Gasteiger partial charge in [0.25, 0.3) is 0 Å². The summed E-state index contributed by atoms with van der Waals surface area (Å²) in [5, 5.41) is -0.235. The van der Waals surface area contributed by atoms with Gasteiger partial charge in [-0.3, -0.25) is 0 Å². The Bertz CT molecular complexity index is 578. The normalized spacial score (nSPS) is 12.0. The van der Waals surface area contributed by atoms with E-state index in [-0.39, 0.29) is 5.38 Å². The smallest absolute Gasteiger partial charge is 0.127 e. The summed E-state index contributed by atoms with van der Waals surface area (Å²) in [7, 11) is 3.28. The van der Waals surface area contributed by atoms with Crippen LogP contribution in [0.2, 0.25) is 0 Å². The zero-order valence-electron chi connectivity index (χ0n) is 12.7. The maximum atomic E-state index is 6.62. The predicted molar refractivity (Wildman–Crippen MR) is 87.7 cm³/mol. The molecular formula is C18H21ClO2. The number of hydrogen-bond acceptors (Lipinski definition) is 2. The number of hydrogen-bond donors (Lipinski definition) is 0. The largest absolute Gasteiger partial charge is 0.497 e.